The van der Waals surface area contributed by atoms with E-state index in [2.05, 4.69) is 55.4 Å². The molecule has 0 fully saturated rings. The van der Waals surface area contributed by atoms with Crippen molar-refractivity contribution in [2.75, 3.05) is 20.6 Å². The summed E-state index contributed by atoms with van der Waals surface area (Å²) in [7, 11) is 4.17. The molecule has 0 saturated carbocycles. The van der Waals surface area contributed by atoms with Gasteiger partial charge in [-0.1, -0.05) is 30.3 Å². The fraction of sp³-hybridized carbons (Fsp3) is 0.350. The fourth-order valence-corrected chi connectivity index (χ4v) is 4.45. The first-order valence-electron chi connectivity index (χ1n) is 8.31. The van der Waals surface area contributed by atoms with Crippen molar-refractivity contribution in [1.29, 1.82) is 0 Å². The third-order valence-electron chi connectivity index (χ3n) is 4.33. The standard InChI is InChI=1S/C20H23NO2S.ClH/c1-21(2)11-5-8-18-17-7-4-3-6-14(17)9-10-15-12-16(13-19(22)23)24-20(15)18;/h3-4,6-8,12H,5,9-11,13H2,1-2H3,(H,22,23);1H. The first kappa shape index (κ1) is 19.7. The number of hydrogen-bond acceptors (Lipinski definition) is 3. The SMILES string of the molecule is CN(C)CCC=C1c2ccccc2CCc2cc(CC(=O)O)sc21.Cl. The molecule has 3 nitrogen and oxygen atoms in total. The Bertz CT molecular complexity index is 780. The molecular formula is C20H24ClNO2S. The van der Waals surface area contributed by atoms with Crippen LogP contribution in [0, 0.1) is 0 Å². The highest BCUT2D eigenvalue weighted by Gasteiger charge is 2.21. The molecule has 0 amide bonds. The summed E-state index contributed by atoms with van der Waals surface area (Å²) in [6, 6.07) is 10.7. The lowest BCUT2D eigenvalue weighted by atomic mass is 9.98. The Balaban J connectivity index is 0.00000225. The topological polar surface area (TPSA) is 40.5 Å². The molecule has 3 rings (SSSR count). The van der Waals surface area contributed by atoms with E-state index in [1.54, 1.807) is 11.3 Å². The van der Waals surface area contributed by atoms with Crippen LogP contribution in [0.25, 0.3) is 5.57 Å². The van der Waals surface area contributed by atoms with Crippen LogP contribution in [0.15, 0.2) is 36.4 Å². The minimum Gasteiger partial charge on any atom is -0.481 e. The molecule has 1 aromatic carbocycles. The summed E-state index contributed by atoms with van der Waals surface area (Å²) >= 11 is 1.64. The van der Waals surface area contributed by atoms with Gasteiger partial charge in [-0.15, -0.1) is 23.7 Å². The van der Waals surface area contributed by atoms with Crippen LogP contribution in [-0.4, -0.2) is 36.6 Å². The molecule has 0 unspecified atom stereocenters. The summed E-state index contributed by atoms with van der Waals surface area (Å²) in [5.41, 5.74) is 5.26. The van der Waals surface area contributed by atoms with Crippen LogP contribution in [-0.2, 0) is 24.1 Å². The van der Waals surface area contributed by atoms with E-state index in [0.29, 0.717) is 0 Å². The Hall–Kier alpha value is -1.62. The third kappa shape index (κ3) is 4.72. The number of halogens is 1. The zero-order valence-corrected chi connectivity index (χ0v) is 16.3. The highest BCUT2D eigenvalue weighted by Crippen LogP contribution is 2.39. The van der Waals surface area contributed by atoms with Crippen molar-refractivity contribution in [2.24, 2.45) is 0 Å². The van der Waals surface area contributed by atoms with Gasteiger partial charge in [0.25, 0.3) is 0 Å². The molecule has 1 aliphatic rings. The molecule has 134 valence electrons. The summed E-state index contributed by atoms with van der Waals surface area (Å²) in [5, 5.41) is 9.10. The number of aliphatic carboxylic acids is 1. The second kappa shape index (κ2) is 8.65. The summed E-state index contributed by atoms with van der Waals surface area (Å²) in [6.45, 7) is 1.01. The maximum absolute atomic E-state index is 11.1. The molecule has 0 radical (unpaired) electrons. The number of thiophene rings is 1. The van der Waals surface area contributed by atoms with Gasteiger partial charge < -0.3 is 10.0 Å². The van der Waals surface area contributed by atoms with E-state index < -0.39 is 5.97 Å². The van der Waals surface area contributed by atoms with Gasteiger partial charge in [0.1, 0.15) is 0 Å². The second-order valence-electron chi connectivity index (χ2n) is 6.50. The Labute approximate surface area is 159 Å². The minimum atomic E-state index is -0.759. The lowest BCUT2D eigenvalue weighted by Crippen LogP contribution is -2.12. The average molecular weight is 378 g/mol. The van der Waals surface area contributed by atoms with E-state index in [-0.39, 0.29) is 18.8 Å². The minimum absolute atomic E-state index is 0. The molecule has 0 saturated heterocycles. The highest BCUT2D eigenvalue weighted by atomic mass is 35.5. The Morgan fingerprint density at radius 3 is 2.68 bits per heavy atom. The van der Waals surface area contributed by atoms with Gasteiger partial charge in [0, 0.05) is 16.3 Å². The molecule has 2 aromatic rings. The maximum atomic E-state index is 11.1. The first-order chi connectivity index (χ1) is 11.5. The number of fused-ring (bicyclic) bond motifs is 2. The van der Waals surface area contributed by atoms with Crippen molar-refractivity contribution in [3.8, 4) is 0 Å². The molecule has 1 N–H and O–H groups in total. The monoisotopic (exact) mass is 377 g/mol. The van der Waals surface area contributed by atoms with Crippen molar-refractivity contribution in [3.05, 3.63) is 62.9 Å². The fourth-order valence-electron chi connectivity index (χ4n) is 3.20. The van der Waals surface area contributed by atoms with Crippen LogP contribution in [0.1, 0.15) is 32.9 Å². The van der Waals surface area contributed by atoms with Gasteiger partial charge in [0.15, 0.2) is 0 Å². The Morgan fingerprint density at radius 1 is 1.24 bits per heavy atom. The number of benzene rings is 1. The molecule has 1 aliphatic carbocycles. The predicted molar refractivity (Wildman–Crippen MR) is 107 cm³/mol. The van der Waals surface area contributed by atoms with Gasteiger partial charge in [0.05, 0.1) is 6.42 Å². The molecular weight excluding hydrogens is 354 g/mol. The van der Waals surface area contributed by atoms with E-state index in [4.69, 9.17) is 5.11 Å². The molecule has 0 bridgehead atoms. The van der Waals surface area contributed by atoms with E-state index >= 15 is 0 Å². The van der Waals surface area contributed by atoms with Crippen LogP contribution in [0.5, 0.6) is 0 Å². The smallest absolute Gasteiger partial charge is 0.308 e. The van der Waals surface area contributed by atoms with Crippen LogP contribution in [0.3, 0.4) is 0 Å². The van der Waals surface area contributed by atoms with Crippen LogP contribution in [0.4, 0.5) is 0 Å². The summed E-state index contributed by atoms with van der Waals surface area (Å²) in [6.07, 6.45) is 5.42. The zero-order chi connectivity index (χ0) is 17.1. The van der Waals surface area contributed by atoms with E-state index in [1.165, 1.54) is 27.1 Å². The normalized spacial score (nSPS) is 14.6. The number of aryl methyl sites for hydroxylation is 2. The summed E-state index contributed by atoms with van der Waals surface area (Å²) < 4.78 is 0. The van der Waals surface area contributed by atoms with Crippen molar-refractivity contribution >= 4 is 35.3 Å². The van der Waals surface area contributed by atoms with Crippen molar-refractivity contribution in [1.82, 2.24) is 4.90 Å². The van der Waals surface area contributed by atoms with Gasteiger partial charge >= 0.3 is 5.97 Å². The van der Waals surface area contributed by atoms with Gasteiger partial charge in [-0.3, -0.25) is 4.79 Å². The molecule has 0 aliphatic heterocycles. The molecule has 5 heteroatoms. The first-order valence-corrected chi connectivity index (χ1v) is 9.13. The zero-order valence-electron chi connectivity index (χ0n) is 14.6. The molecule has 25 heavy (non-hydrogen) atoms. The van der Waals surface area contributed by atoms with Crippen molar-refractivity contribution < 1.29 is 9.90 Å². The average Bonchev–Trinajstić information content (AvgIpc) is 2.85. The summed E-state index contributed by atoms with van der Waals surface area (Å²) in [5.74, 6) is -0.759. The van der Waals surface area contributed by atoms with E-state index in [0.717, 1.165) is 30.7 Å². The predicted octanol–water partition coefficient (Wildman–Crippen LogP) is 4.28. The largest absolute Gasteiger partial charge is 0.481 e. The third-order valence-corrected chi connectivity index (χ3v) is 5.54. The lowest BCUT2D eigenvalue weighted by molar-refractivity contribution is -0.136. The Morgan fingerprint density at radius 2 is 1.96 bits per heavy atom. The van der Waals surface area contributed by atoms with Crippen LogP contribution < -0.4 is 0 Å². The number of carboxylic acids is 1. The van der Waals surface area contributed by atoms with Gasteiger partial charge in [-0.05, 0) is 61.7 Å². The molecule has 0 atom stereocenters. The Kier molecular flexibility index (Phi) is 6.82. The number of carbonyl (C=O) groups is 1. The quantitative estimate of drug-likeness (QED) is 0.845. The van der Waals surface area contributed by atoms with E-state index in [9.17, 15) is 4.79 Å². The van der Waals surface area contributed by atoms with Crippen LogP contribution in [0.2, 0.25) is 0 Å². The van der Waals surface area contributed by atoms with Crippen molar-refractivity contribution in [2.45, 2.75) is 25.7 Å². The van der Waals surface area contributed by atoms with E-state index in [1.807, 2.05) is 0 Å². The molecule has 0 spiro atoms. The number of carboxylic acid groups (broad SMARTS) is 1. The summed E-state index contributed by atoms with van der Waals surface area (Å²) in [4.78, 5) is 15.5. The lowest BCUT2D eigenvalue weighted by Gasteiger charge is -2.11. The highest BCUT2D eigenvalue weighted by molar-refractivity contribution is 7.13. The number of hydrogen-bond donors (Lipinski definition) is 1. The number of nitrogens with zero attached hydrogens (tertiary/aromatic N) is 1. The van der Waals surface area contributed by atoms with Gasteiger partial charge in [-0.2, -0.15) is 0 Å². The maximum Gasteiger partial charge on any atom is 0.308 e. The van der Waals surface area contributed by atoms with Crippen LogP contribution >= 0.6 is 23.7 Å². The van der Waals surface area contributed by atoms with Gasteiger partial charge in [-0.25, -0.2) is 0 Å². The second-order valence-corrected chi connectivity index (χ2v) is 7.64. The molecule has 1 aromatic heterocycles. The number of rotatable bonds is 5. The van der Waals surface area contributed by atoms with Gasteiger partial charge in [0.2, 0.25) is 0 Å². The molecule has 1 heterocycles. The van der Waals surface area contributed by atoms with Crippen molar-refractivity contribution in [3.63, 3.8) is 0 Å².